The highest BCUT2D eigenvalue weighted by atomic mass is 35.5. The van der Waals surface area contributed by atoms with Crippen LogP contribution in [-0.2, 0) is 9.59 Å². The van der Waals surface area contributed by atoms with Crippen LogP contribution in [0, 0.1) is 0 Å². The van der Waals surface area contributed by atoms with Crippen molar-refractivity contribution < 1.29 is 9.59 Å². The van der Waals surface area contributed by atoms with Crippen LogP contribution >= 0.6 is 11.6 Å². The number of carbonyl (C=O) groups is 2. The maximum absolute atomic E-state index is 12.1. The van der Waals surface area contributed by atoms with Crippen LogP contribution in [0.25, 0.3) is 0 Å². The summed E-state index contributed by atoms with van der Waals surface area (Å²) in [5, 5.41) is 0.154. The molecule has 0 N–H and O–H groups in total. The average molecular weight is 269 g/mol. The zero-order chi connectivity index (χ0) is 12.9. The van der Waals surface area contributed by atoms with Crippen LogP contribution in [0.15, 0.2) is 9.98 Å². The quantitative estimate of drug-likeness (QED) is 0.504. The fourth-order valence-electron chi connectivity index (χ4n) is 2.46. The highest BCUT2D eigenvalue weighted by molar-refractivity contribution is 6.66. The molecular weight excluding hydrogens is 256 g/mol. The van der Waals surface area contributed by atoms with Gasteiger partial charge >= 0.3 is 11.8 Å². The Morgan fingerprint density at radius 2 is 2.00 bits per heavy atom. The van der Waals surface area contributed by atoms with E-state index in [0.29, 0.717) is 12.4 Å². The number of amidine groups is 2. The predicted octanol–water partition coefficient (Wildman–Crippen LogP) is 0.215. The summed E-state index contributed by atoms with van der Waals surface area (Å²) in [5.41, 5.74) is 0. The molecule has 3 aliphatic rings. The second-order valence-electron chi connectivity index (χ2n) is 4.77. The summed E-state index contributed by atoms with van der Waals surface area (Å²) in [5.74, 6) is -0.408. The number of amides is 2. The molecule has 0 aromatic rings. The van der Waals surface area contributed by atoms with Crippen LogP contribution in [0.4, 0.5) is 0 Å². The number of hydrogen-bond acceptors (Lipinski definition) is 4. The molecule has 7 heteroatoms. The molecule has 18 heavy (non-hydrogen) atoms. The Morgan fingerprint density at radius 3 is 2.61 bits per heavy atom. The fourth-order valence-corrected chi connectivity index (χ4v) is 2.61. The molecule has 1 unspecified atom stereocenters. The van der Waals surface area contributed by atoms with E-state index in [2.05, 4.69) is 9.98 Å². The van der Waals surface area contributed by atoms with Crippen molar-refractivity contribution in [3.63, 3.8) is 0 Å². The second-order valence-corrected chi connectivity index (χ2v) is 5.11. The van der Waals surface area contributed by atoms with E-state index in [9.17, 15) is 9.59 Å². The lowest BCUT2D eigenvalue weighted by molar-refractivity contribution is -0.153. The molecule has 1 saturated carbocycles. The Bertz CT molecular complexity index is 483. The van der Waals surface area contributed by atoms with Crippen molar-refractivity contribution >= 4 is 34.5 Å². The molecule has 2 heterocycles. The van der Waals surface area contributed by atoms with Gasteiger partial charge in [0.1, 0.15) is 11.9 Å². The summed E-state index contributed by atoms with van der Waals surface area (Å²) in [6.07, 6.45) is 2.92. The Morgan fingerprint density at radius 1 is 1.28 bits per heavy atom. The van der Waals surface area contributed by atoms with Crippen molar-refractivity contribution in [2.45, 2.75) is 31.3 Å². The summed E-state index contributed by atoms with van der Waals surface area (Å²) < 4.78 is 0. The molecule has 0 spiro atoms. The van der Waals surface area contributed by atoms with Crippen molar-refractivity contribution in [2.75, 3.05) is 13.6 Å². The molecule has 1 aliphatic carbocycles. The molecule has 96 valence electrons. The highest BCUT2D eigenvalue weighted by Gasteiger charge is 2.47. The average Bonchev–Trinajstić information content (AvgIpc) is 2.29. The van der Waals surface area contributed by atoms with Gasteiger partial charge in [-0.05, 0) is 30.9 Å². The molecule has 2 fully saturated rings. The van der Waals surface area contributed by atoms with E-state index in [-0.39, 0.29) is 17.4 Å². The van der Waals surface area contributed by atoms with Gasteiger partial charge in [-0.3, -0.25) is 19.5 Å². The minimum atomic E-state index is -0.497. The summed E-state index contributed by atoms with van der Waals surface area (Å²) in [6, 6.07) is -0.169. The lowest BCUT2D eigenvalue weighted by atomic mass is 9.89. The highest BCUT2D eigenvalue weighted by Crippen LogP contribution is 2.30. The van der Waals surface area contributed by atoms with Crippen molar-refractivity contribution in [1.29, 1.82) is 0 Å². The lowest BCUT2D eigenvalue weighted by Gasteiger charge is -2.45. The number of rotatable bonds is 1. The summed E-state index contributed by atoms with van der Waals surface area (Å²) >= 11 is 5.82. The van der Waals surface area contributed by atoms with Gasteiger partial charge in [-0.15, -0.1) is 0 Å². The zero-order valence-electron chi connectivity index (χ0n) is 9.97. The van der Waals surface area contributed by atoms with Gasteiger partial charge in [-0.2, -0.15) is 0 Å². The molecule has 6 nitrogen and oxygen atoms in total. The van der Waals surface area contributed by atoms with E-state index in [0.717, 1.165) is 19.3 Å². The largest absolute Gasteiger partial charge is 0.325 e. The number of carbonyl (C=O) groups excluding carboxylic acids is 2. The molecule has 0 radical (unpaired) electrons. The zero-order valence-corrected chi connectivity index (χ0v) is 10.7. The smallest absolute Gasteiger partial charge is 0.317 e. The van der Waals surface area contributed by atoms with Gasteiger partial charge in [0, 0.05) is 13.1 Å². The lowest BCUT2D eigenvalue weighted by Crippen LogP contribution is -2.66. The molecule has 0 bridgehead atoms. The second kappa shape index (κ2) is 4.05. The molecular formula is C11H13ClN4O2. The standard InChI is InChI=1S/C11H13ClN4O2/c1-15-7-5-13-11(12)14-8(7)16(6-3-2-4-6)10(18)9(15)17/h6-7H,2-5H2,1H3. The number of likely N-dealkylation sites (N-methyl/N-ethyl adjacent to an activating group) is 1. The normalized spacial score (nSPS) is 28.7. The van der Waals surface area contributed by atoms with Crippen LogP contribution in [0.3, 0.4) is 0 Å². The van der Waals surface area contributed by atoms with Crippen molar-refractivity contribution in [3.05, 3.63) is 0 Å². The first kappa shape index (κ1) is 11.6. The minimum absolute atomic E-state index is 0.0963. The summed E-state index contributed by atoms with van der Waals surface area (Å²) in [6.45, 7) is 0.371. The minimum Gasteiger partial charge on any atom is -0.325 e. The third-order valence-electron chi connectivity index (χ3n) is 3.78. The van der Waals surface area contributed by atoms with Gasteiger partial charge < -0.3 is 4.90 Å². The monoisotopic (exact) mass is 268 g/mol. The van der Waals surface area contributed by atoms with Gasteiger partial charge in [0.2, 0.25) is 5.29 Å². The van der Waals surface area contributed by atoms with Crippen LogP contribution < -0.4 is 0 Å². The van der Waals surface area contributed by atoms with E-state index in [1.807, 2.05) is 0 Å². The molecule has 0 aromatic heterocycles. The maximum atomic E-state index is 12.1. The maximum Gasteiger partial charge on any atom is 0.317 e. The number of piperazine rings is 1. The number of halogens is 1. The Kier molecular flexibility index (Phi) is 2.62. The van der Waals surface area contributed by atoms with Gasteiger partial charge in [-0.25, -0.2) is 4.99 Å². The topological polar surface area (TPSA) is 65.3 Å². The van der Waals surface area contributed by atoms with E-state index < -0.39 is 11.8 Å². The molecule has 0 aromatic carbocycles. The SMILES string of the molecule is CN1C(=O)C(=O)N(C2CCC2)C2=NC(Cl)=NCC21. The first-order valence-corrected chi connectivity index (χ1v) is 6.36. The molecule has 2 amide bonds. The van der Waals surface area contributed by atoms with Crippen molar-refractivity contribution in [3.8, 4) is 0 Å². The molecule has 2 aliphatic heterocycles. The Hall–Kier alpha value is -1.43. The fraction of sp³-hybridized carbons (Fsp3) is 0.636. The molecule has 1 saturated heterocycles. The first-order chi connectivity index (χ1) is 8.59. The van der Waals surface area contributed by atoms with Crippen LogP contribution in [0.1, 0.15) is 19.3 Å². The van der Waals surface area contributed by atoms with Gasteiger partial charge in [0.25, 0.3) is 0 Å². The van der Waals surface area contributed by atoms with E-state index in [1.54, 1.807) is 7.05 Å². The third kappa shape index (κ3) is 1.55. The van der Waals surface area contributed by atoms with Gasteiger partial charge in [0.15, 0.2) is 0 Å². The number of hydrogen-bond donors (Lipinski definition) is 0. The number of nitrogens with zero attached hydrogens (tertiary/aromatic N) is 4. The van der Waals surface area contributed by atoms with E-state index in [1.165, 1.54) is 9.80 Å². The van der Waals surface area contributed by atoms with E-state index >= 15 is 0 Å². The molecule has 3 rings (SSSR count). The van der Waals surface area contributed by atoms with Crippen molar-refractivity contribution in [2.24, 2.45) is 9.98 Å². The number of aliphatic imine (C=N–C) groups is 2. The van der Waals surface area contributed by atoms with Crippen molar-refractivity contribution in [1.82, 2.24) is 9.80 Å². The van der Waals surface area contributed by atoms with Crippen LogP contribution in [0.2, 0.25) is 0 Å². The Balaban J connectivity index is 2.01. The number of fused-ring (bicyclic) bond motifs is 1. The summed E-state index contributed by atoms with van der Waals surface area (Å²) in [4.78, 5) is 35.1. The third-order valence-corrected chi connectivity index (χ3v) is 3.98. The van der Waals surface area contributed by atoms with Gasteiger partial charge in [-0.1, -0.05) is 0 Å². The predicted molar refractivity (Wildman–Crippen MR) is 66.6 cm³/mol. The Labute approximate surface area is 109 Å². The van der Waals surface area contributed by atoms with Crippen LogP contribution in [0.5, 0.6) is 0 Å². The molecule has 1 atom stereocenters. The van der Waals surface area contributed by atoms with E-state index in [4.69, 9.17) is 11.6 Å². The van der Waals surface area contributed by atoms with Crippen LogP contribution in [-0.4, -0.2) is 58.4 Å². The summed E-state index contributed by atoms with van der Waals surface area (Å²) in [7, 11) is 1.60. The van der Waals surface area contributed by atoms with Gasteiger partial charge in [0.05, 0.1) is 6.54 Å². The first-order valence-electron chi connectivity index (χ1n) is 5.98.